The molecule has 23 heavy (non-hydrogen) atoms. The Labute approximate surface area is 153 Å². The lowest BCUT2D eigenvalue weighted by molar-refractivity contribution is 0.0962. The van der Waals surface area contributed by atoms with Gasteiger partial charge in [-0.15, -0.1) is 0 Å². The maximum Gasteiger partial charge on any atom is 0.269 e. The molecule has 122 valence electrons. The van der Waals surface area contributed by atoms with Crippen LogP contribution in [0.15, 0.2) is 24.3 Å². The van der Waals surface area contributed by atoms with Gasteiger partial charge in [-0.1, -0.05) is 46.4 Å². The molecule has 0 saturated heterocycles. The van der Waals surface area contributed by atoms with Crippen LogP contribution in [0.2, 0.25) is 20.2 Å². The summed E-state index contributed by atoms with van der Waals surface area (Å²) in [7, 11) is 3.59. The number of benzene rings is 1. The van der Waals surface area contributed by atoms with Crippen molar-refractivity contribution < 1.29 is 4.79 Å². The summed E-state index contributed by atoms with van der Waals surface area (Å²) >= 11 is 23.8. The van der Waals surface area contributed by atoms with Gasteiger partial charge in [-0.25, -0.2) is 4.98 Å². The van der Waals surface area contributed by atoms with Gasteiger partial charge in [0.15, 0.2) is 0 Å². The minimum Gasteiger partial charge on any atom is -0.363 e. The molecule has 0 radical (unpaired) electrons. The number of amides is 1. The van der Waals surface area contributed by atoms with E-state index in [1.54, 1.807) is 25.1 Å². The molecule has 2 rings (SSSR count). The number of carbonyl (C=O) groups excluding carboxylic acids is 1. The fourth-order valence-corrected chi connectivity index (χ4v) is 2.81. The molecule has 0 unspecified atom stereocenters. The van der Waals surface area contributed by atoms with E-state index in [1.807, 2.05) is 0 Å². The van der Waals surface area contributed by atoms with Crippen LogP contribution in [0, 0.1) is 0 Å². The summed E-state index contributed by atoms with van der Waals surface area (Å²) in [6.45, 7) is 0. The van der Waals surface area contributed by atoms with E-state index in [0.717, 1.165) is 0 Å². The number of aromatic nitrogens is 1. The molecule has 1 heterocycles. The highest BCUT2D eigenvalue weighted by Crippen LogP contribution is 2.33. The summed E-state index contributed by atoms with van der Waals surface area (Å²) in [5, 5.41) is 1.17. The molecule has 0 atom stereocenters. The van der Waals surface area contributed by atoms with Gasteiger partial charge in [-0.3, -0.25) is 15.6 Å². The number of pyridine rings is 1. The molecule has 9 heteroatoms. The van der Waals surface area contributed by atoms with Gasteiger partial charge in [0.1, 0.15) is 11.0 Å². The van der Waals surface area contributed by atoms with Crippen LogP contribution in [0.4, 0.5) is 11.5 Å². The Morgan fingerprint density at radius 1 is 1.04 bits per heavy atom. The third kappa shape index (κ3) is 4.54. The number of rotatable bonds is 4. The zero-order chi connectivity index (χ0) is 17.1. The predicted molar refractivity (Wildman–Crippen MR) is 96.1 cm³/mol. The Morgan fingerprint density at radius 3 is 2.22 bits per heavy atom. The molecular weight excluding hydrogens is 382 g/mol. The molecular formula is C14H12Cl4N4O. The average Bonchev–Trinajstić information content (AvgIpc) is 2.45. The third-order valence-electron chi connectivity index (χ3n) is 2.81. The van der Waals surface area contributed by atoms with Crippen molar-refractivity contribution >= 4 is 63.8 Å². The van der Waals surface area contributed by atoms with Gasteiger partial charge >= 0.3 is 0 Å². The minimum atomic E-state index is -0.417. The van der Waals surface area contributed by atoms with Gasteiger partial charge in [0.05, 0.1) is 15.7 Å². The standard InChI is InChI=1S/C14H12Cl4N4O/c1-22(2)12-4-7(3-11(18)19-12)14(23)21-20-13-9(16)5-8(15)6-10(13)17/h3-6,20H,1-2H3,(H,21,23). The molecule has 5 nitrogen and oxygen atoms in total. The molecule has 0 bridgehead atoms. The van der Waals surface area contributed by atoms with Crippen LogP contribution in [0.3, 0.4) is 0 Å². The van der Waals surface area contributed by atoms with Gasteiger partial charge in [0, 0.05) is 24.7 Å². The quantitative estimate of drug-likeness (QED) is 0.592. The normalized spacial score (nSPS) is 10.3. The summed E-state index contributed by atoms with van der Waals surface area (Å²) in [6, 6.07) is 6.08. The number of hydrazine groups is 1. The Morgan fingerprint density at radius 2 is 1.65 bits per heavy atom. The van der Waals surface area contributed by atoms with Crippen molar-refractivity contribution in [2.45, 2.75) is 0 Å². The number of nitrogens with zero attached hydrogens (tertiary/aromatic N) is 2. The second-order valence-electron chi connectivity index (χ2n) is 4.75. The fraction of sp³-hybridized carbons (Fsp3) is 0.143. The van der Waals surface area contributed by atoms with Crippen LogP contribution in [-0.4, -0.2) is 25.0 Å². The molecule has 0 fully saturated rings. The molecule has 2 N–H and O–H groups in total. The molecule has 2 aromatic rings. The lowest BCUT2D eigenvalue weighted by atomic mass is 10.2. The van der Waals surface area contributed by atoms with Crippen molar-refractivity contribution in [3.05, 3.63) is 50.0 Å². The van der Waals surface area contributed by atoms with Crippen LogP contribution in [0.25, 0.3) is 0 Å². The lowest BCUT2D eigenvalue weighted by Gasteiger charge is -2.14. The smallest absolute Gasteiger partial charge is 0.269 e. The molecule has 0 aliphatic heterocycles. The van der Waals surface area contributed by atoms with E-state index in [-0.39, 0.29) is 15.2 Å². The largest absolute Gasteiger partial charge is 0.363 e. The van der Waals surface area contributed by atoms with Crippen LogP contribution in [0.5, 0.6) is 0 Å². The monoisotopic (exact) mass is 392 g/mol. The van der Waals surface area contributed by atoms with Gasteiger partial charge in [0.25, 0.3) is 5.91 Å². The summed E-state index contributed by atoms with van der Waals surface area (Å²) in [4.78, 5) is 18.1. The van der Waals surface area contributed by atoms with Crippen LogP contribution in [0.1, 0.15) is 10.4 Å². The Bertz CT molecular complexity index is 729. The average molecular weight is 394 g/mol. The molecule has 1 aromatic carbocycles. The van der Waals surface area contributed by atoms with Gasteiger partial charge in [-0.2, -0.15) is 0 Å². The van der Waals surface area contributed by atoms with Crippen molar-refractivity contribution in [2.24, 2.45) is 0 Å². The maximum atomic E-state index is 12.2. The third-order valence-corrected chi connectivity index (χ3v) is 3.82. The molecule has 0 saturated carbocycles. The summed E-state index contributed by atoms with van der Waals surface area (Å²) in [5.41, 5.74) is 5.86. The first-order valence-electron chi connectivity index (χ1n) is 6.33. The number of hydrogen-bond donors (Lipinski definition) is 2. The highest BCUT2D eigenvalue weighted by atomic mass is 35.5. The van der Waals surface area contributed by atoms with Crippen LogP contribution >= 0.6 is 46.4 Å². The molecule has 0 aliphatic carbocycles. The fourth-order valence-electron chi connectivity index (χ4n) is 1.70. The van der Waals surface area contributed by atoms with Gasteiger partial charge in [-0.05, 0) is 24.3 Å². The van der Waals surface area contributed by atoms with E-state index in [1.165, 1.54) is 18.2 Å². The zero-order valence-electron chi connectivity index (χ0n) is 12.1. The zero-order valence-corrected chi connectivity index (χ0v) is 15.1. The van der Waals surface area contributed by atoms with Crippen molar-refractivity contribution in [3.63, 3.8) is 0 Å². The van der Waals surface area contributed by atoms with Crippen LogP contribution < -0.4 is 15.8 Å². The number of carbonyl (C=O) groups is 1. The van der Waals surface area contributed by atoms with E-state index in [4.69, 9.17) is 46.4 Å². The summed E-state index contributed by atoms with van der Waals surface area (Å²) in [6.07, 6.45) is 0. The second kappa shape index (κ2) is 7.45. The van der Waals surface area contributed by atoms with Crippen molar-refractivity contribution in [2.75, 3.05) is 24.4 Å². The van der Waals surface area contributed by atoms with Gasteiger partial charge in [0.2, 0.25) is 0 Å². The predicted octanol–water partition coefficient (Wildman–Crippen LogP) is 4.52. The highest BCUT2D eigenvalue weighted by molar-refractivity contribution is 6.41. The summed E-state index contributed by atoms with van der Waals surface area (Å²) < 4.78 is 0. The van der Waals surface area contributed by atoms with Crippen molar-refractivity contribution in [3.8, 4) is 0 Å². The first-order chi connectivity index (χ1) is 10.8. The van der Waals surface area contributed by atoms with Gasteiger partial charge < -0.3 is 4.90 Å². The number of hydrogen-bond acceptors (Lipinski definition) is 4. The molecule has 1 aromatic heterocycles. The number of anilines is 2. The second-order valence-corrected chi connectivity index (χ2v) is 6.39. The molecule has 1 amide bonds. The van der Waals surface area contributed by atoms with E-state index >= 15 is 0 Å². The van der Waals surface area contributed by atoms with Crippen molar-refractivity contribution in [1.82, 2.24) is 10.4 Å². The highest BCUT2D eigenvalue weighted by Gasteiger charge is 2.12. The lowest BCUT2D eigenvalue weighted by Crippen LogP contribution is -2.30. The molecule has 0 aliphatic rings. The summed E-state index contributed by atoms with van der Waals surface area (Å²) in [5.74, 6) is 0.143. The van der Waals surface area contributed by atoms with E-state index in [2.05, 4.69) is 15.8 Å². The maximum absolute atomic E-state index is 12.2. The number of halogens is 4. The SMILES string of the molecule is CN(C)c1cc(C(=O)NNc2c(Cl)cc(Cl)cc2Cl)cc(Cl)n1. The number of nitrogens with one attached hydrogen (secondary N) is 2. The van der Waals surface area contributed by atoms with E-state index < -0.39 is 5.91 Å². The minimum absolute atomic E-state index is 0.212. The first kappa shape index (κ1) is 17.9. The Hall–Kier alpha value is -1.40. The van der Waals surface area contributed by atoms with E-state index in [0.29, 0.717) is 22.1 Å². The topological polar surface area (TPSA) is 57.3 Å². The van der Waals surface area contributed by atoms with E-state index in [9.17, 15) is 4.79 Å². The Balaban J connectivity index is 2.17. The molecule has 0 spiro atoms. The van der Waals surface area contributed by atoms with Crippen LogP contribution in [-0.2, 0) is 0 Å². The first-order valence-corrected chi connectivity index (χ1v) is 7.85. The Kier molecular flexibility index (Phi) is 5.81. The van der Waals surface area contributed by atoms with Crippen molar-refractivity contribution in [1.29, 1.82) is 0 Å².